The number of nitrogens with one attached hydrogen (secondary N) is 3. The van der Waals surface area contributed by atoms with Crippen molar-refractivity contribution in [1.29, 1.82) is 0 Å². The molecule has 0 aliphatic rings. The summed E-state index contributed by atoms with van der Waals surface area (Å²) in [5.74, 6) is 0. The van der Waals surface area contributed by atoms with E-state index in [1.54, 1.807) is 0 Å². The van der Waals surface area contributed by atoms with Crippen LogP contribution >= 0.6 is 12.2 Å². The summed E-state index contributed by atoms with van der Waals surface area (Å²) in [4.78, 5) is 16.7. The first-order chi connectivity index (χ1) is 7.49. The van der Waals surface area contributed by atoms with Crippen LogP contribution < -0.4 is 16.7 Å². The maximum Gasteiger partial charge on any atom is 0.323 e. The lowest BCUT2D eigenvalue weighted by atomic mass is 10.1. The van der Waals surface area contributed by atoms with Gasteiger partial charge in [0.25, 0.3) is 0 Å². The number of fused-ring (bicyclic) bond motifs is 1. The van der Waals surface area contributed by atoms with E-state index in [4.69, 9.17) is 18.0 Å². The molecule has 5 N–H and O–H groups in total. The average Bonchev–Trinajstić information content (AvgIpc) is 2.53. The second kappa shape index (κ2) is 3.64. The molecule has 16 heavy (non-hydrogen) atoms. The van der Waals surface area contributed by atoms with Gasteiger partial charge in [-0.1, -0.05) is 0 Å². The molecular formula is C10H12N4OS. The Hall–Kier alpha value is -1.82. The molecule has 1 aromatic heterocycles. The van der Waals surface area contributed by atoms with Crippen LogP contribution in [0.5, 0.6) is 0 Å². The van der Waals surface area contributed by atoms with Crippen LogP contribution in [0.15, 0.2) is 10.9 Å². The zero-order valence-electron chi connectivity index (χ0n) is 8.97. The highest BCUT2D eigenvalue weighted by Gasteiger charge is 2.10. The quantitative estimate of drug-likeness (QED) is 0.559. The number of aryl methyl sites for hydroxylation is 1. The molecule has 84 valence electrons. The summed E-state index contributed by atoms with van der Waals surface area (Å²) < 4.78 is 0. The van der Waals surface area contributed by atoms with Crippen molar-refractivity contribution in [3.05, 3.63) is 27.7 Å². The Morgan fingerprint density at radius 2 is 2.12 bits per heavy atom. The topological polar surface area (TPSA) is 86.7 Å². The minimum Gasteiger partial charge on any atom is -0.376 e. The maximum atomic E-state index is 11.2. The third-order valence-electron chi connectivity index (χ3n) is 2.58. The Balaban J connectivity index is 2.80. The van der Waals surface area contributed by atoms with E-state index in [9.17, 15) is 4.79 Å². The van der Waals surface area contributed by atoms with Crippen molar-refractivity contribution >= 4 is 34.1 Å². The zero-order chi connectivity index (χ0) is 11.9. The standard InChI is InChI=1S/C10H12N4OS/c1-4-3-6-8(14-10(15)12-6)7(5(4)2)13-9(11)16/h3H,1-2H3,(H3,11,13,16)(H2,12,14,15). The van der Waals surface area contributed by atoms with Gasteiger partial charge in [0.15, 0.2) is 5.11 Å². The second-order valence-corrected chi connectivity index (χ2v) is 4.12. The van der Waals surface area contributed by atoms with Gasteiger partial charge in [0.05, 0.1) is 16.7 Å². The summed E-state index contributed by atoms with van der Waals surface area (Å²) in [6.07, 6.45) is 0. The van der Waals surface area contributed by atoms with Crippen molar-refractivity contribution in [2.75, 3.05) is 5.32 Å². The van der Waals surface area contributed by atoms with Gasteiger partial charge in [0.1, 0.15) is 0 Å². The highest BCUT2D eigenvalue weighted by molar-refractivity contribution is 7.80. The molecule has 5 nitrogen and oxygen atoms in total. The van der Waals surface area contributed by atoms with E-state index in [2.05, 4.69) is 15.3 Å². The van der Waals surface area contributed by atoms with Crippen LogP contribution in [-0.2, 0) is 0 Å². The number of benzene rings is 1. The molecule has 2 aromatic rings. The van der Waals surface area contributed by atoms with Crippen LogP contribution in [0.1, 0.15) is 11.1 Å². The number of nitrogens with two attached hydrogens (primary N) is 1. The number of H-pyrrole nitrogens is 2. The molecule has 0 amide bonds. The summed E-state index contributed by atoms with van der Waals surface area (Å²) in [6.45, 7) is 3.91. The SMILES string of the molecule is Cc1cc2[nH]c(=O)[nH]c2c(NC(N)=S)c1C. The molecular weight excluding hydrogens is 224 g/mol. The molecule has 0 radical (unpaired) electrons. The third kappa shape index (κ3) is 1.67. The van der Waals surface area contributed by atoms with Gasteiger partial charge >= 0.3 is 5.69 Å². The van der Waals surface area contributed by atoms with Gasteiger partial charge in [0, 0.05) is 0 Å². The Morgan fingerprint density at radius 3 is 2.75 bits per heavy atom. The van der Waals surface area contributed by atoms with Gasteiger partial charge in [0.2, 0.25) is 0 Å². The van der Waals surface area contributed by atoms with Crippen LogP contribution in [0.25, 0.3) is 11.0 Å². The molecule has 2 rings (SSSR count). The number of hydrogen-bond acceptors (Lipinski definition) is 2. The lowest BCUT2D eigenvalue weighted by molar-refractivity contribution is 1.21. The Morgan fingerprint density at radius 1 is 1.44 bits per heavy atom. The molecule has 0 saturated heterocycles. The molecule has 1 aromatic carbocycles. The summed E-state index contributed by atoms with van der Waals surface area (Å²) in [6, 6.07) is 1.91. The number of imidazole rings is 1. The molecule has 0 bridgehead atoms. The first kappa shape index (κ1) is 10.7. The minimum absolute atomic E-state index is 0.178. The van der Waals surface area contributed by atoms with Gasteiger partial charge in [-0.3, -0.25) is 0 Å². The largest absolute Gasteiger partial charge is 0.376 e. The Bertz CT molecular complexity index is 626. The molecule has 0 spiro atoms. The van der Waals surface area contributed by atoms with E-state index >= 15 is 0 Å². The number of anilines is 1. The van der Waals surface area contributed by atoms with Crippen LogP contribution in [0.2, 0.25) is 0 Å². The van der Waals surface area contributed by atoms with Crippen LogP contribution in [0.3, 0.4) is 0 Å². The van der Waals surface area contributed by atoms with Gasteiger partial charge in [-0.2, -0.15) is 0 Å². The van der Waals surface area contributed by atoms with E-state index in [1.807, 2.05) is 19.9 Å². The number of rotatable bonds is 1. The van der Waals surface area contributed by atoms with Crippen molar-refractivity contribution in [3.63, 3.8) is 0 Å². The minimum atomic E-state index is -0.244. The fourth-order valence-electron chi connectivity index (χ4n) is 1.69. The first-order valence-corrected chi connectivity index (χ1v) is 5.18. The normalized spacial score (nSPS) is 10.6. The van der Waals surface area contributed by atoms with E-state index in [-0.39, 0.29) is 10.8 Å². The molecule has 0 fully saturated rings. The van der Waals surface area contributed by atoms with Crippen LogP contribution in [0.4, 0.5) is 5.69 Å². The number of aromatic nitrogens is 2. The molecule has 0 aliphatic heterocycles. The summed E-state index contributed by atoms with van der Waals surface area (Å²) >= 11 is 4.81. The Kier molecular flexibility index (Phi) is 2.43. The van der Waals surface area contributed by atoms with E-state index in [1.165, 1.54) is 0 Å². The molecule has 0 atom stereocenters. The Labute approximate surface area is 97.0 Å². The molecule has 6 heteroatoms. The van der Waals surface area contributed by atoms with E-state index < -0.39 is 0 Å². The van der Waals surface area contributed by atoms with Gasteiger partial charge < -0.3 is 21.0 Å². The summed E-state index contributed by atoms with van der Waals surface area (Å²) in [5, 5.41) is 3.07. The zero-order valence-corrected chi connectivity index (χ0v) is 9.79. The lowest BCUT2D eigenvalue weighted by Crippen LogP contribution is -2.20. The molecule has 0 unspecified atom stereocenters. The number of hydrogen-bond donors (Lipinski definition) is 4. The van der Waals surface area contributed by atoms with Crippen molar-refractivity contribution in [2.24, 2.45) is 5.73 Å². The van der Waals surface area contributed by atoms with Crippen molar-refractivity contribution in [1.82, 2.24) is 9.97 Å². The van der Waals surface area contributed by atoms with Crippen molar-refractivity contribution in [2.45, 2.75) is 13.8 Å². The predicted molar refractivity (Wildman–Crippen MR) is 68.8 cm³/mol. The fraction of sp³-hybridized carbons (Fsp3) is 0.200. The maximum absolute atomic E-state index is 11.2. The number of aromatic amines is 2. The van der Waals surface area contributed by atoms with Gasteiger partial charge in [-0.05, 0) is 43.3 Å². The first-order valence-electron chi connectivity index (χ1n) is 4.77. The van der Waals surface area contributed by atoms with E-state index in [0.29, 0.717) is 5.52 Å². The summed E-state index contributed by atoms with van der Waals surface area (Å²) in [7, 11) is 0. The smallest absolute Gasteiger partial charge is 0.323 e. The van der Waals surface area contributed by atoms with Crippen LogP contribution in [-0.4, -0.2) is 15.1 Å². The van der Waals surface area contributed by atoms with Gasteiger partial charge in [-0.15, -0.1) is 0 Å². The average molecular weight is 236 g/mol. The van der Waals surface area contributed by atoms with Crippen LogP contribution in [0, 0.1) is 13.8 Å². The summed E-state index contributed by atoms with van der Waals surface area (Å²) in [5.41, 5.74) is 9.47. The van der Waals surface area contributed by atoms with Crippen molar-refractivity contribution < 1.29 is 0 Å². The molecule has 0 saturated carbocycles. The monoisotopic (exact) mass is 236 g/mol. The second-order valence-electron chi connectivity index (χ2n) is 3.68. The highest BCUT2D eigenvalue weighted by Crippen LogP contribution is 2.26. The predicted octanol–water partition coefficient (Wildman–Crippen LogP) is 1.13. The lowest BCUT2D eigenvalue weighted by Gasteiger charge is -2.11. The third-order valence-corrected chi connectivity index (χ3v) is 2.68. The molecule has 0 aliphatic carbocycles. The fourth-order valence-corrected chi connectivity index (χ4v) is 1.79. The van der Waals surface area contributed by atoms with E-state index in [0.717, 1.165) is 22.3 Å². The number of thiocarbonyl (C=S) groups is 1. The molecule has 1 heterocycles. The van der Waals surface area contributed by atoms with Gasteiger partial charge in [-0.25, -0.2) is 4.79 Å². The highest BCUT2D eigenvalue weighted by atomic mass is 32.1. The van der Waals surface area contributed by atoms with Crippen molar-refractivity contribution in [3.8, 4) is 0 Å².